The topological polar surface area (TPSA) is 89.5 Å². The Morgan fingerprint density at radius 2 is 1.87 bits per heavy atom. The highest BCUT2D eigenvalue weighted by molar-refractivity contribution is 6.30. The number of rotatable bonds is 7. The molecule has 5 rings (SSSR count). The van der Waals surface area contributed by atoms with Crippen LogP contribution >= 0.6 is 11.6 Å². The van der Waals surface area contributed by atoms with Gasteiger partial charge in [0.2, 0.25) is 5.88 Å². The van der Waals surface area contributed by atoms with Gasteiger partial charge in [-0.1, -0.05) is 11.6 Å². The molecule has 0 spiro atoms. The highest BCUT2D eigenvalue weighted by Crippen LogP contribution is 2.60. The molecule has 3 aliphatic rings. The Hall–Kier alpha value is -2.94. The zero-order chi connectivity index (χ0) is 21.5. The first-order valence-electron chi connectivity index (χ1n) is 9.14. The van der Waals surface area contributed by atoms with Crippen LogP contribution in [0.15, 0.2) is 30.5 Å². The van der Waals surface area contributed by atoms with Crippen LogP contribution in [0, 0.1) is 11.6 Å². The Morgan fingerprint density at radius 3 is 2.53 bits per heavy atom. The summed E-state index contributed by atoms with van der Waals surface area (Å²) in [6.07, 6.45) is 2.63. The standard InChI is InChI=1S/C20H18ClF2N3O4/c1-29-18-13(4-11(22)6-24-18)17(28)26-20-8-19(9-20,10-20)25-16(27)7-30-12-2-3-14(21)15(23)5-12/h2-6H,7-10H2,1H3,(H,25,27)(H,26,28). The van der Waals surface area contributed by atoms with E-state index in [0.717, 1.165) is 18.3 Å². The summed E-state index contributed by atoms with van der Waals surface area (Å²) in [5.74, 6) is -1.85. The highest BCUT2D eigenvalue weighted by Gasteiger charge is 2.69. The van der Waals surface area contributed by atoms with Crippen molar-refractivity contribution in [1.29, 1.82) is 0 Å². The molecule has 0 atom stereocenters. The maximum Gasteiger partial charge on any atom is 0.258 e. The van der Waals surface area contributed by atoms with E-state index in [1.165, 1.54) is 19.2 Å². The van der Waals surface area contributed by atoms with Crippen molar-refractivity contribution < 1.29 is 27.8 Å². The monoisotopic (exact) mass is 437 g/mol. The van der Waals surface area contributed by atoms with Gasteiger partial charge in [-0.3, -0.25) is 9.59 Å². The summed E-state index contributed by atoms with van der Waals surface area (Å²) in [6, 6.07) is 5.00. The van der Waals surface area contributed by atoms with Gasteiger partial charge in [0, 0.05) is 17.1 Å². The number of benzene rings is 1. The SMILES string of the molecule is COc1ncc(F)cc1C(=O)NC12CC(NC(=O)COc3ccc(Cl)c(F)c3)(C1)C2. The van der Waals surface area contributed by atoms with Crippen molar-refractivity contribution in [2.75, 3.05) is 13.7 Å². The summed E-state index contributed by atoms with van der Waals surface area (Å²) in [7, 11) is 1.35. The Balaban J connectivity index is 1.27. The molecule has 1 heterocycles. The Bertz CT molecular complexity index is 1010. The van der Waals surface area contributed by atoms with E-state index in [1.807, 2.05) is 0 Å². The van der Waals surface area contributed by atoms with Crippen LogP contribution in [0.4, 0.5) is 8.78 Å². The Labute approximate surface area is 175 Å². The maximum atomic E-state index is 13.4. The maximum absolute atomic E-state index is 13.4. The van der Waals surface area contributed by atoms with Crippen LogP contribution in [-0.2, 0) is 4.79 Å². The smallest absolute Gasteiger partial charge is 0.258 e. The number of hydrogen-bond donors (Lipinski definition) is 2. The van der Waals surface area contributed by atoms with E-state index >= 15 is 0 Å². The summed E-state index contributed by atoms with van der Waals surface area (Å²) in [5.41, 5.74) is -0.825. The quantitative estimate of drug-likeness (QED) is 0.695. The molecule has 0 radical (unpaired) electrons. The molecule has 0 unspecified atom stereocenters. The van der Waals surface area contributed by atoms with Crippen molar-refractivity contribution in [3.8, 4) is 11.6 Å². The molecule has 2 aromatic rings. The molecule has 3 fully saturated rings. The van der Waals surface area contributed by atoms with Gasteiger partial charge in [-0.15, -0.1) is 0 Å². The van der Waals surface area contributed by atoms with Crippen LogP contribution in [-0.4, -0.2) is 41.6 Å². The van der Waals surface area contributed by atoms with Crippen molar-refractivity contribution in [3.63, 3.8) is 0 Å². The van der Waals surface area contributed by atoms with Crippen molar-refractivity contribution in [2.24, 2.45) is 0 Å². The molecule has 7 nitrogen and oxygen atoms in total. The number of nitrogens with one attached hydrogen (secondary N) is 2. The number of carbonyl (C=O) groups is 2. The average molecular weight is 438 g/mol. The van der Waals surface area contributed by atoms with Gasteiger partial charge in [0.25, 0.3) is 11.8 Å². The molecular formula is C20H18ClF2N3O4. The molecule has 1 aromatic heterocycles. The lowest BCUT2D eigenvalue weighted by molar-refractivity contribution is -0.141. The molecule has 2 bridgehead atoms. The first kappa shape index (κ1) is 20.3. The fourth-order valence-corrected chi connectivity index (χ4v) is 4.28. The van der Waals surface area contributed by atoms with Crippen molar-refractivity contribution in [3.05, 3.63) is 52.7 Å². The van der Waals surface area contributed by atoms with E-state index in [-0.39, 0.29) is 34.7 Å². The molecule has 3 saturated carbocycles. The van der Waals surface area contributed by atoms with E-state index in [1.54, 1.807) is 0 Å². The Kier molecular flexibility index (Phi) is 5.01. The van der Waals surface area contributed by atoms with Crippen molar-refractivity contribution in [2.45, 2.75) is 30.3 Å². The molecule has 3 aliphatic carbocycles. The fourth-order valence-electron chi connectivity index (χ4n) is 4.16. The van der Waals surface area contributed by atoms with E-state index in [0.29, 0.717) is 19.3 Å². The zero-order valence-corrected chi connectivity index (χ0v) is 16.7. The van der Waals surface area contributed by atoms with Crippen LogP contribution in [0.2, 0.25) is 5.02 Å². The lowest BCUT2D eigenvalue weighted by atomic mass is 9.44. The van der Waals surface area contributed by atoms with E-state index in [9.17, 15) is 18.4 Å². The van der Waals surface area contributed by atoms with Crippen LogP contribution in [0.25, 0.3) is 0 Å². The van der Waals surface area contributed by atoms with Gasteiger partial charge in [0.05, 0.1) is 18.3 Å². The van der Waals surface area contributed by atoms with Gasteiger partial charge in [-0.2, -0.15) is 0 Å². The summed E-state index contributed by atoms with van der Waals surface area (Å²) < 4.78 is 37.1. The number of methoxy groups -OCH3 is 1. The lowest BCUT2D eigenvalue weighted by Crippen LogP contribution is -2.84. The minimum atomic E-state index is -0.636. The van der Waals surface area contributed by atoms with Crippen molar-refractivity contribution in [1.82, 2.24) is 15.6 Å². The molecular weight excluding hydrogens is 420 g/mol. The molecule has 0 saturated heterocycles. The number of amides is 2. The largest absolute Gasteiger partial charge is 0.484 e. The van der Waals surface area contributed by atoms with Crippen LogP contribution < -0.4 is 20.1 Å². The first-order valence-corrected chi connectivity index (χ1v) is 9.52. The third-order valence-corrected chi connectivity index (χ3v) is 5.64. The second kappa shape index (κ2) is 7.39. The van der Waals surface area contributed by atoms with Gasteiger partial charge in [0.15, 0.2) is 6.61 Å². The molecule has 0 aliphatic heterocycles. The minimum Gasteiger partial charge on any atom is -0.484 e. The van der Waals surface area contributed by atoms with Crippen LogP contribution in [0.3, 0.4) is 0 Å². The van der Waals surface area contributed by atoms with Gasteiger partial charge >= 0.3 is 0 Å². The molecule has 1 aromatic carbocycles. The van der Waals surface area contributed by atoms with Gasteiger partial charge in [-0.25, -0.2) is 13.8 Å². The number of nitrogens with zero attached hydrogens (tertiary/aromatic N) is 1. The van der Waals surface area contributed by atoms with E-state index in [4.69, 9.17) is 21.1 Å². The first-order chi connectivity index (χ1) is 14.2. The van der Waals surface area contributed by atoms with Gasteiger partial charge in [-0.05, 0) is 37.5 Å². The Morgan fingerprint density at radius 1 is 1.17 bits per heavy atom. The van der Waals surface area contributed by atoms with Gasteiger partial charge < -0.3 is 20.1 Å². The van der Waals surface area contributed by atoms with Gasteiger partial charge in [0.1, 0.15) is 22.9 Å². The summed E-state index contributed by atoms with van der Waals surface area (Å²) in [4.78, 5) is 28.4. The second-order valence-corrected chi connectivity index (χ2v) is 8.08. The molecule has 10 heteroatoms. The van der Waals surface area contributed by atoms with Crippen molar-refractivity contribution >= 4 is 23.4 Å². The highest BCUT2D eigenvalue weighted by atomic mass is 35.5. The van der Waals surface area contributed by atoms with Crippen LogP contribution in [0.1, 0.15) is 29.6 Å². The zero-order valence-electron chi connectivity index (χ0n) is 15.9. The van der Waals surface area contributed by atoms with Crippen LogP contribution in [0.5, 0.6) is 11.6 Å². The summed E-state index contributed by atoms with van der Waals surface area (Å²) in [5, 5.41) is 5.75. The number of pyridine rings is 1. The van der Waals surface area contributed by atoms with E-state index in [2.05, 4.69) is 15.6 Å². The molecule has 158 valence electrons. The number of halogens is 3. The normalized spacial score (nSPS) is 23.6. The number of carbonyl (C=O) groups excluding carboxylic acids is 2. The minimum absolute atomic E-state index is 0.0175. The van der Waals surface area contributed by atoms with E-state index < -0.39 is 28.6 Å². The summed E-state index contributed by atoms with van der Waals surface area (Å²) >= 11 is 5.61. The number of ether oxygens (including phenoxy) is 2. The average Bonchev–Trinajstić information content (AvgIpc) is 2.66. The number of hydrogen-bond acceptors (Lipinski definition) is 5. The number of aromatic nitrogens is 1. The third kappa shape index (κ3) is 3.77. The second-order valence-electron chi connectivity index (χ2n) is 7.67. The summed E-state index contributed by atoms with van der Waals surface area (Å²) in [6.45, 7) is -0.270. The molecule has 2 amide bonds. The predicted octanol–water partition coefficient (Wildman–Crippen LogP) is 2.62. The molecule has 30 heavy (non-hydrogen) atoms. The predicted molar refractivity (Wildman–Crippen MR) is 103 cm³/mol. The molecule has 2 N–H and O–H groups in total. The lowest BCUT2D eigenvalue weighted by Gasteiger charge is -2.70. The third-order valence-electron chi connectivity index (χ3n) is 5.33. The fraction of sp³-hybridized carbons (Fsp3) is 0.350.